The van der Waals surface area contributed by atoms with E-state index < -0.39 is 23.8 Å². The van der Waals surface area contributed by atoms with Gasteiger partial charge in [0, 0.05) is 6.07 Å². The lowest BCUT2D eigenvalue weighted by molar-refractivity contribution is -0.123. The van der Waals surface area contributed by atoms with E-state index in [2.05, 4.69) is 5.32 Å². The summed E-state index contributed by atoms with van der Waals surface area (Å²) in [6.45, 7) is 1.38. The zero-order chi connectivity index (χ0) is 17.7. The van der Waals surface area contributed by atoms with Crippen LogP contribution in [0.2, 0.25) is 5.02 Å². The van der Waals surface area contributed by atoms with Crippen LogP contribution in [0.3, 0.4) is 0 Å². The summed E-state index contributed by atoms with van der Waals surface area (Å²) in [5, 5.41) is 2.89. The molecule has 2 rings (SSSR count). The van der Waals surface area contributed by atoms with Gasteiger partial charge in [-0.2, -0.15) is 0 Å². The Labute approximate surface area is 143 Å². The molecule has 0 radical (unpaired) electrons. The van der Waals surface area contributed by atoms with Gasteiger partial charge in [0.25, 0.3) is 5.91 Å². The van der Waals surface area contributed by atoms with Crippen LogP contribution in [0.1, 0.15) is 17.3 Å². The molecular formula is C17H15ClFNO4. The lowest BCUT2D eigenvalue weighted by Gasteiger charge is -2.14. The Hall–Kier alpha value is -2.60. The fraction of sp³-hybridized carbons (Fsp3) is 0.176. The van der Waals surface area contributed by atoms with Crippen molar-refractivity contribution >= 4 is 29.2 Å². The first kappa shape index (κ1) is 17.7. The Morgan fingerprint density at radius 1 is 1.21 bits per heavy atom. The minimum Gasteiger partial charge on any atom is -0.497 e. The molecule has 0 heterocycles. The summed E-state index contributed by atoms with van der Waals surface area (Å²) in [6, 6.07) is 10.4. The van der Waals surface area contributed by atoms with Gasteiger partial charge in [0.05, 0.1) is 23.4 Å². The minimum absolute atomic E-state index is 0.272. The second kappa shape index (κ2) is 7.79. The van der Waals surface area contributed by atoms with Crippen molar-refractivity contribution in [3.63, 3.8) is 0 Å². The first-order chi connectivity index (χ1) is 11.4. The highest BCUT2D eigenvalue weighted by molar-refractivity contribution is 6.33. The molecule has 0 saturated carbocycles. The van der Waals surface area contributed by atoms with Crippen LogP contribution in [0.5, 0.6) is 5.75 Å². The third kappa shape index (κ3) is 4.23. The highest BCUT2D eigenvalue weighted by Gasteiger charge is 2.22. The van der Waals surface area contributed by atoms with Gasteiger partial charge >= 0.3 is 5.97 Å². The van der Waals surface area contributed by atoms with Crippen LogP contribution in [0, 0.1) is 5.82 Å². The highest BCUT2D eigenvalue weighted by atomic mass is 35.5. The molecule has 1 amide bonds. The average molecular weight is 352 g/mol. The third-order valence-electron chi connectivity index (χ3n) is 3.18. The summed E-state index contributed by atoms with van der Waals surface area (Å²) < 4.78 is 23.7. The number of methoxy groups -OCH3 is 1. The molecule has 24 heavy (non-hydrogen) atoms. The van der Waals surface area contributed by atoms with E-state index >= 15 is 0 Å². The van der Waals surface area contributed by atoms with Gasteiger partial charge in [-0.3, -0.25) is 4.79 Å². The quantitative estimate of drug-likeness (QED) is 0.835. The van der Waals surface area contributed by atoms with Crippen molar-refractivity contribution in [1.82, 2.24) is 0 Å². The maximum absolute atomic E-state index is 13.8. The monoisotopic (exact) mass is 351 g/mol. The molecule has 5 nitrogen and oxygen atoms in total. The van der Waals surface area contributed by atoms with E-state index in [1.807, 2.05) is 0 Å². The predicted molar refractivity (Wildman–Crippen MR) is 87.9 cm³/mol. The van der Waals surface area contributed by atoms with E-state index in [1.54, 1.807) is 24.3 Å². The molecule has 0 aliphatic carbocycles. The summed E-state index contributed by atoms with van der Waals surface area (Å²) in [5.41, 5.74) is 0.107. The number of halogens is 2. The summed E-state index contributed by atoms with van der Waals surface area (Å²) in [7, 11) is 1.38. The smallest absolute Gasteiger partial charge is 0.341 e. The van der Waals surface area contributed by atoms with Crippen LogP contribution < -0.4 is 10.1 Å². The molecule has 1 N–H and O–H groups in total. The molecule has 0 aromatic heterocycles. The van der Waals surface area contributed by atoms with E-state index in [9.17, 15) is 14.0 Å². The number of amides is 1. The number of rotatable bonds is 5. The highest BCUT2D eigenvalue weighted by Crippen LogP contribution is 2.21. The van der Waals surface area contributed by atoms with Crippen LogP contribution in [0.15, 0.2) is 42.5 Å². The van der Waals surface area contributed by atoms with Gasteiger partial charge in [0.2, 0.25) is 0 Å². The van der Waals surface area contributed by atoms with Gasteiger partial charge < -0.3 is 14.8 Å². The fourth-order valence-electron chi connectivity index (χ4n) is 1.86. The molecule has 0 aliphatic heterocycles. The van der Waals surface area contributed by atoms with Crippen molar-refractivity contribution < 1.29 is 23.5 Å². The number of benzene rings is 2. The topological polar surface area (TPSA) is 64.6 Å². The fourth-order valence-corrected chi connectivity index (χ4v) is 2.05. The van der Waals surface area contributed by atoms with Gasteiger partial charge in [-0.1, -0.05) is 23.7 Å². The van der Waals surface area contributed by atoms with E-state index in [0.717, 1.165) is 6.07 Å². The number of ether oxygens (including phenoxy) is 2. The van der Waals surface area contributed by atoms with Gasteiger partial charge in [-0.25, -0.2) is 9.18 Å². The third-order valence-corrected chi connectivity index (χ3v) is 3.51. The van der Waals surface area contributed by atoms with Crippen molar-refractivity contribution in [2.75, 3.05) is 12.4 Å². The Balaban J connectivity index is 2.03. The normalized spacial score (nSPS) is 11.5. The molecule has 0 bridgehead atoms. The molecule has 7 heteroatoms. The predicted octanol–water partition coefficient (Wildman–Crippen LogP) is 3.67. The maximum atomic E-state index is 13.8. The van der Waals surface area contributed by atoms with Gasteiger partial charge in [0.1, 0.15) is 11.6 Å². The molecule has 0 aliphatic rings. The lowest BCUT2D eigenvalue weighted by atomic mass is 10.2. The average Bonchev–Trinajstić information content (AvgIpc) is 2.56. The number of hydrogen-bond acceptors (Lipinski definition) is 4. The van der Waals surface area contributed by atoms with Crippen molar-refractivity contribution in [1.29, 1.82) is 0 Å². The van der Waals surface area contributed by atoms with Crippen LogP contribution in [-0.4, -0.2) is 25.1 Å². The standard InChI is InChI=1S/C17H15ClFNO4/c1-10(16(21)20-15-6-4-3-5-13(15)18)24-17(22)12-8-7-11(23-2)9-14(12)19/h3-10H,1-2H3,(H,20,21)/t10-/m1/s1. The summed E-state index contributed by atoms with van der Waals surface area (Å²) in [5.74, 6) is -2.05. The van der Waals surface area contributed by atoms with E-state index in [-0.39, 0.29) is 11.3 Å². The van der Waals surface area contributed by atoms with E-state index in [4.69, 9.17) is 21.1 Å². The SMILES string of the molecule is COc1ccc(C(=O)O[C@H](C)C(=O)Nc2ccccc2Cl)c(F)c1. The van der Waals surface area contributed by atoms with Crippen LogP contribution in [0.25, 0.3) is 0 Å². The zero-order valence-electron chi connectivity index (χ0n) is 13.0. The maximum Gasteiger partial charge on any atom is 0.341 e. The van der Waals surface area contributed by atoms with Crippen molar-refractivity contribution in [3.8, 4) is 5.75 Å². The molecular weight excluding hydrogens is 337 g/mol. The number of esters is 1. The summed E-state index contributed by atoms with van der Waals surface area (Å²) in [4.78, 5) is 24.0. The minimum atomic E-state index is -1.13. The molecule has 1 atom stereocenters. The number of hydrogen-bond donors (Lipinski definition) is 1. The Morgan fingerprint density at radius 2 is 1.92 bits per heavy atom. The number of para-hydroxylation sites is 1. The molecule has 126 valence electrons. The van der Waals surface area contributed by atoms with Crippen LogP contribution in [0.4, 0.5) is 10.1 Å². The van der Waals surface area contributed by atoms with Gasteiger partial charge in [0.15, 0.2) is 6.10 Å². The second-order valence-corrected chi connectivity index (χ2v) is 5.27. The van der Waals surface area contributed by atoms with E-state index in [1.165, 1.54) is 26.2 Å². The van der Waals surface area contributed by atoms with Crippen molar-refractivity contribution in [3.05, 3.63) is 58.9 Å². The summed E-state index contributed by atoms with van der Waals surface area (Å²) >= 11 is 5.94. The van der Waals surface area contributed by atoms with E-state index in [0.29, 0.717) is 10.7 Å². The number of nitrogens with one attached hydrogen (secondary N) is 1. The Kier molecular flexibility index (Phi) is 5.76. The molecule has 2 aromatic carbocycles. The van der Waals surface area contributed by atoms with Gasteiger partial charge in [-0.15, -0.1) is 0 Å². The largest absolute Gasteiger partial charge is 0.497 e. The molecule has 2 aromatic rings. The van der Waals surface area contributed by atoms with Crippen LogP contribution >= 0.6 is 11.6 Å². The first-order valence-electron chi connectivity index (χ1n) is 7.02. The Morgan fingerprint density at radius 3 is 2.54 bits per heavy atom. The lowest BCUT2D eigenvalue weighted by Crippen LogP contribution is -2.30. The first-order valence-corrected chi connectivity index (χ1v) is 7.40. The van der Waals surface area contributed by atoms with Crippen molar-refractivity contribution in [2.45, 2.75) is 13.0 Å². The number of carbonyl (C=O) groups excluding carboxylic acids is 2. The Bertz CT molecular complexity index is 766. The van der Waals surface area contributed by atoms with Crippen LogP contribution in [-0.2, 0) is 9.53 Å². The van der Waals surface area contributed by atoms with Crippen molar-refractivity contribution in [2.24, 2.45) is 0 Å². The van der Waals surface area contributed by atoms with Gasteiger partial charge in [-0.05, 0) is 31.2 Å². The number of carbonyl (C=O) groups is 2. The molecule has 0 spiro atoms. The zero-order valence-corrected chi connectivity index (χ0v) is 13.8. The molecule has 0 saturated heterocycles. The summed E-state index contributed by atoms with van der Waals surface area (Å²) in [6.07, 6.45) is -1.13. The second-order valence-electron chi connectivity index (χ2n) is 4.86. The molecule has 0 fully saturated rings. The molecule has 0 unspecified atom stereocenters. The number of anilines is 1.